The van der Waals surface area contributed by atoms with Crippen LogP contribution in [0, 0.1) is 0 Å². The molecule has 0 atom stereocenters. The first-order valence-corrected chi connectivity index (χ1v) is 7.81. The molecular formula is C15H19N3OS. The summed E-state index contributed by atoms with van der Waals surface area (Å²) in [6.07, 6.45) is 2.54. The third kappa shape index (κ3) is 2.44. The van der Waals surface area contributed by atoms with Crippen molar-refractivity contribution in [3.05, 3.63) is 34.7 Å². The van der Waals surface area contributed by atoms with Gasteiger partial charge in [0.05, 0.1) is 4.88 Å². The van der Waals surface area contributed by atoms with Crippen molar-refractivity contribution >= 4 is 27.3 Å². The van der Waals surface area contributed by atoms with Gasteiger partial charge in [-0.2, -0.15) is 0 Å². The minimum atomic E-state index is -0.187. The molecule has 1 heterocycles. The number of nitrogens with two attached hydrogens (primary N) is 1. The van der Waals surface area contributed by atoms with Crippen LogP contribution < -0.4 is 11.3 Å². The number of rotatable bonds is 5. The first-order valence-electron chi connectivity index (χ1n) is 7.00. The molecule has 0 aliphatic heterocycles. The fourth-order valence-electron chi connectivity index (χ4n) is 2.65. The Labute approximate surface area is 122 Å². The molecule has 1 amide bonds. The summed E-state index contributed by atoms with van der Waals surface area (Å²) in [7, 11) is 0. The van der Waals surface area contributed by atoms with Crippen LogP contribution in [-0.2, 0) is 6.54 Å². The fourth-order valence-corrected chi connectivity index (χ4v) is 3.76. The summed E-state index contributed by atoms with van der Waals surface area (Å²) in [5, 5.41) is 1.18. The molecule has 1 saturated carbocycles. The lowest BCUT2D eigenvalue weighted by Crippen LogP contribution is -2.31. The molecule has 0 spiro atoms. The van der Waals surface area contributed by atoms with Gasteiger partial charge in [-0.25, -0.2) is 5.84 Å². The fraction of sp³-hybridized carbons (Fsp3) is 0.400. The molecule has 1 aliphatic rings. The van der Waals surface area contributed by atoms with Crippen molar-refractivity contribution in [1.29, 1.82) is 0 Å². The molecule has 0 unspecified atom stereocenters. The predicted octanol–water partition coefficient (Wildman–Crippen LogP) is 2.49. The number of hydrazine groups is 1. The Morgan fingerprint density at radius 3 is 2.85 bits per heavy atom. The zero-order valence-corrected chi connectivity index (χ0v) is 12.4. The molecule has 0 saturated heterocycles. The van der Waals surface area contributed by atoms with Gasteiger partial charge in [0.1, 0.15) is 0 Å². The number of carbonyl (C=O) groups excluding carboxylic acids is 1. The third-order valence-electron chi connectivity index (χ3n) is 3.87. The molecule has 3 N–H and O–H groups in total. The van der Waals surface area contributed by atoms with Gasteiger partial charge < -0.3 is 0 Å². The summed E-state index contributed by atoms with van der Waals surface area (Å²) in [5.74, 6) is 5.14. The lowest BCUT2D eigenvalue weighted by atomic mass is 10.1. The zero-order valence-electron chi connectivity index (χ0n) is 11.6. The highest BCUT2D eigenvalue weighted by Crippen LogP contribution is 2.35. The largest absolute Gasteiger partial charge is 0.296 e. The molecule has 0 bridgehead atoms. The highest BCUT2D eigenvalue weighted by atomic mass is 32.1. The number of nitrogens with zero attached hydrogens (tertiary/aromatic N) is 1. The smallest absolute Gasteiger partial charge is 0.275 e. The van der Waals surface area contributed by atoms with Crippen molar-refractivity contribution in [2.24, 2.45) is 5.84 Å². The number of amides is 1. The Hall–Kier alpha value is -1.43. The summed E-state index contributed by atoms with van der Waals surface area (Å²) < 4.78 is 1.15. The topological polar surface area (TPSA) is 58.4 Å². The molecular weight excluding hydrogens is 270 g/mol. The highest BCUT2D eigenvalue weighted by molar-refractivity contribution is 7.21. The van der Waals surface area contributed by atoms with Crippen molar-refractivity contribution in [1.82, 2.24) is 10.3 Å². The lowest BCUT2D eigenvalue weighted by molar-refractivity contribution is 0.0956. The van der Waals surface area contributed by atoms with Crippen molar-refractivity contribution in [2.75, 3.05) is 6.54 Å². The maximum atomic E-state index is 12.0. The molecule has 5 heteroatoms. The SMILES string of the molecule is CCN(Cc1c(C(=O)NN)sc2ccccc12)C1CC1. The summed E-state index contributed by atoms with van der Waals surface area (Å²) in [4.78, 5) is 15.2. The second-order valence-electron chi connectivity index (χ2n) is 5.17. The molecule has 0 radical (unpaired) electrons. The summed E-state index contributed by atoms with van der Waals surface area (Å²) in [6.45, 7) is 4.02. The number of carbonyl (C=O) groups is 1. The van der Waals surface area contributed by atoms with E-state index in [0.29, 0.717) is 6.04 Å². The molecule has 2 aromatic rings. The van der Waals surface area contributed by atoms with Gasteiger partial charge in [0.25, 0.3) is 5.91 Å². The normalized spacial score (nSPS) is 14.9. The monoisotopic (exact) mass is 289 g/mol. The first-order chi connectivity index (χ1) is 9.74. The molecule has 1 aromatic heterocycles. The Morgan fingerprint density at radius 2 is 2.20 bits per heavy atom. The molecule has 1 aromatic carbocycles. The lowest BCUT2D eigenvalue weighted by Gasteiger charge is -2.20. The van der Waals surface area contributed by atoms with Gasteiger partial charge in [-0.05, 0) is 36.4 Å². The first kappa shape index (κ1) is 13.5. The Balaban J connectivity index is 2.03. The van der Waals surface area contributed by atoms with Crippen LogP contribution in [0.25, 0.3) is 10.1 Å². The Bertz CT molecular complexity index is 633. The highest BCUT2D eigenvalue weighted by Gasteiger charge is 2.29. The Morgan fingerprint density at radius 1 is 1.45 bits per heavy atom. The predicted molar refractivity (Wildman–Crippen MR) is 82.6 cm³/mol. The molecule has 1 aliphatic carbocycles. The number of thiophene rings is 1. The second kappa shape index (κ2) is 5.52. The van der Waals surface area contributed by atoms with E-state index in [1.807, 2.05) is 12.1 Å². The number of nitrogen functional groups attached to an aromatic ring is 1. The average Bonchev–Trinajstić information content (AvgIpc) is 3.26. The number of nitrogens with one attached hydrogen (secondary N) is 1. The van der Waals surface area contributed by atoms with Gasteiger partial charge in [0.2, 0.25) is 0 Å². The van der Waals surface area contributed by atoms with E-state index in [0.717, 1.165) is 28.2 Å². The summed E-state index contributed by atoms with van der Waals surface area (Å²) in [6, 6.07) is 8.87. The van der Waals surface area contributed by atoms with E-state index < -0.39 is 0 Å². The van der Waals surface area contributed by atoms with Crippen LogP contribution in [0.15, 0.2) is 24.3 Å². The molecule has 20 heavy (non-hydrogen) atoms. The zero-order chi connectivity index (χ0) is 14.1. The van der Waals surface area contributed by atoms with Crippen LogP contribution in [0.3, 0.4) is 0 Å². The van der Waals surface area contributed by atoms with E-state index in [1.165, 1.54) is 29.6 Å². The van der Waals surface area contributed by atoms with Crippen molar-refractivity contribution in [3.63, 3.8) is 0 Å². The average molecular weight is 289 g/mol. The molecule has 106 valence electrons. The van der Waals surface area contributed by atoms with Gasteiger partial charge in [-0.1, -0.05) is 25.1 Å². The van der Waals surface area contributed by atoms with Crippen LogP contribution in [0.4, 0.5) is 0 Å². The van der Waals surface area contributed by atoms with Crippen LogP contribution >= 0.6 is 11.3 Å². The van der Waals surface area contributed by atoms with E-state index in [-0.39, 0.29) is 5.91 Å². The summed E-state index contributed by atoms with van der Waals surface area (Å²) in [5.41, 5.74) is 3.38. The van der Waals surface area contributed by atoms with Gasteiger partial charge in [0, 0.05) is 17.3 Å². The maximum Gasteiger partial charge on any atom is 0.275 e. The Kier molecular flexibility index (Phi) is 3.74. The van der Waals surface area contributed by atoms with Crippen LogP contribution in [0.5, 0.6) is 0 Å². The van der Waals surface area contributed by atoms with Gasteiger partial charge >= 0.3 is 0 Å². The molecule has 1 fully saturated rings. The van der Waals surface area contributed by atoms with Crippen LogP contribution in [-0.4, -0.2) is 23.4 Å². The minimum absolute atomic E-state index is 0.187. The van der Waals surface area contributed by atoms with Gasteiger partial charge in [-0.15, -0.1) is 11.3 Å². The van der Waals surface area contributed by atoms with Crippen LogP contribution in [0.1, 0.15) is 35.0 Å². The van der Waals surface area contributed by atoms with E-state index in [4.69, 9.17) is 5.84 Å². The number of fused-ring (bicyclic) bond motifs is 1. The van der Waals surface area contributed by atoms with E-state index in [1.54, 1.807) is 0 Å². The third-order valence-corrected chi connectivity index (χ3v) is 5.08. The number of benzene rings is 1. The number of hydrogen-bond donors (Lipinski definition) is 2. The minimum Gasteiger partial charge on any atom is -0.296 e. The van der Waals surface area contributed by atoms with E-state index in [2.05, 4.69) is 29.4 Å². The second-order valence-corrected chi connectivity index (χ2v) is 6.23. The van der Waals surface area contributed by atoms with E-state index >= 15 is 0 Å². The summed E-state index contributed by atoms with van der Waals surface area (Å²) >= 11 is 1.52. The van der Waals surface area contributed by atoms with Crippen molar-refractivity contribution in [3.8, 4) is 0 Å². The van der Waals surface area contributed by atoms with Gasteiger partial charge in [-0.3, -0.25) is 15.1 Å². The van der Waals surface area contributed by atoms with Crippen LogP contribution in [0.2, 0.25) is 0 Å². The quantitative estimate of drug-likeness (QED) is 0.505. The molecule has 3 rings (SSSR count). The van der Waals surface area contributed by atoms with Crippen molar-refractivity contribution in [2.45, 2.75) is 32.4 Å². The van der Waals surface area contributed by atoms with Gasteiger partial charge in [0.15, 0.2) is 0 Å². The van der Waals surface area contributed by atoms with Crippen molar-refractivity contribution < 1.29 is 4.79 Å². The maximum absolute atomic E-state index is 12.0. The standard InChI is InChI=1S/C15H19N3OS/c1-2-18(10-7-8-10)9-12-11-5-3-4-6-13(11)20-14(12)15(19)17-16/h3-6,10H,2,7-9,16H2,1H3,(H,17,19). The number of hydrogen-bond acceptors (Lipinski definition) is 4. The van der Waals surface area contributed by atoms with E-state index in [9.17, 15) is 4.79 Å². The molecule has 4 nitrogen and oxygen atoms in total.